The van der Waals surface area contributed by atoms with Gasteiger partial charge in [0.1, 0.15) is 0 Å². The van der Waals surface area contributed by atoms with Crippen LogP contribution in [0.3, 0.4) is 0 Å². The highest BCUT2D eigenvalue weighted by Crippen LogP contribution is 2.17. The minimum atomic E-state index is 0.421. The van der Waals surface area contributed by atoms with Gasteiger partial charge in [-0.25, -0.2) is 9.97 Å². The zero-order chi connectivity index (χ0) is 20.0. The first-order valence-electron chi connectivity index (χ1n) is 9.02. The maximum atomic E-state index is 5.48. The second kappa shape index (κ2) is 9.41. The topological polar surface area (TPSA) is 74.2 Å². The first kappa shape index (κ1) is 20.8. The van der Waals surface area contributed by atoms with Crippen LogP contribution in [-0.4, -0.2) is 27.6 Å². The van der Waals surface area contributed by atoms with Crippen LogP contribution in [0, 0.1) is 33.6 Å². The van der Waals surface area contributed by atoms with Crippen molar-refractivity contribution in [3.63, 3.8) is 0 Å². The van der Waals surface area contributed by atoms with Crippen LogP contribution < -0.4 is 16.0 Å². The summed E-state index contributed by atoms with van der Waals surface area (Å²) in [7, 11) is 0. The fourth-order valence-corrected chi connectivity index (χ4v) is 2.63. The molecule has 0 amide bonds. The predicted octanol–water partition coefficient (Wildman–Crippen LogP) is 4.12. The minimum Gasteiger partial charge on any atom is -0.332 e. The monoisotopic (exact) mass is 384 g/mol. The summed E-state index contributed by atoms with van der Waals surface area (Å²) in [6.07, 6.45) is 0. The molecule has 0 saturated carbocycles. The third-order valence-corrected chi connectivity index (χ3v) is 4.12. The summed E-state index contributed by atoms with van der Waals surface area (Å²) in [5.74, 6) is 1.44. The number of hydrogen-bond acceptors (Lipinski definition) is 4. The predicted molar refractivity (Wildman–Crippen MR) is 118 cm³/mol. The Hall–Kier alpha value is -2.54. The Morgan fingerprint density at radius 3 is 2.37 bits per heavy atom. The molecule has 6 nitrogen and oxygen atoms in total. The summed E-state index contributed by atoms with van der Waals surface area (Å²) in [6.45, 7) is 12.9. The fraction of sp³-hybridized carbons (Fsp3) is 0.400. The van der Waals surface area contributed by atoms with E-state index >= 15 is 0 Å². The van der Waals surface area contributed by atoms with Gasteiger partial charge in [-0.2, -0.15) is 0 Å². The van der Waals surface area contributed by atoms with Crippen molar-refractivity contribution in [3.05, 3.63) is 46.8 Å². The summed E-state index contributed by atoms with van der Waals surface area (Å²) in [5.41, 5.74) is 5.12. The number of aliphatic imine (C=N–C) groups is 1. The van der Waals surface area contributed by atoms with Gasteiger partial charge >= 0.3 is 0 Å². The molecule has 144 valence electrons. The van der Waals surface area contributed by atoms with Crippen molar-refractivity contribution in [2.45, 2.75) is 41.5 Å². The Kier molecular flexibility index (Phi) is 7.24. The van der Waals surface area contributed by atoms with Gasteiger partial charge in [0.2, 0.25) is 11.9 Å². The van der Waals surface area contributed by atoms with Crippen LogP contribution in [0.4, 0.5) is 11.6 Å². The number of benzene rings is 1. The van der Waals surface area contributed by atoms with Crippen LogP contribution in [0.15, 0.2) is 29.3 Å². The van der Waals surface area contributed by atoms with E-state index in [0.29, 0.717) is 29.5 Å². The van der Waals surface area contributed by atoms with Crippen molar-refractivity contribution in [2.24, 2.45) is 10.9 Å². The van der Waals surface area contributed by atoms with Crippen molar-refractivity contribution in [3.8, 4) is 0 Å². The SMILES string of the molecule is Cc1cc(C)nc(NC(=NCC(C)C)NC(=S)Nc2cccc(C)c2C)n1. The maximum absolute atomic E-state index is 5.48. The molecule has 0 radical (unpaired) electrons. The largest absolute Gasteiger partial charge is 0.332 e. The van der Waals surface area contributed by atoms with Gasteiger partial charge in [0.25, 0.3) is 0 Å². The molecular formula is C20H28N6S. The highest BCUT2D eigenvalue weighted by molar-refractivity contribution is 7.80. The first-order chi connectivity index (χ1) is 12.7. The van der Waals surface area contributed by atoms with E-state index in [1.165, 1.54) is 5.56 Å². The number of aromatic nitrogens is 2. The van der Waals surface area contributed by atoms with Crippen molar-refractivity contribution in [1.29, 1.82) is 0 Å². The molecule has 3 N–H and O–H groups in total. The van der Waals surface area contributed by atoms with Gasteiger partial charge in [0.15, 0.2) is 5.11 Å². The second-order valence-corrected chi connectivity index (χ2v) is 7.42. The van der Waals surface area contributed by atoms with Crippen LogP contribution in [0.25, 0.3) is 0 Å². The normalized spacial score (nSPS) is 11.4. The number of aryl methyl sites for hydroxylation is 3. The van der Waals surface area contributed by atoms with Crippen molar-refractivity contribution < 1.29 is 0 Å². The highest BCUT2D eigenvalue weighted by atomic mass is 32.1. The molecule has 0 unspecified atom stereocenters. The lowest BCUT2D eigenvalue weighted by molar-refractivity contribution is 0.664. The molecule has 2 aromatic rings. The first-order valence-corrected chi connectivity index (χ1v) is 9.43. The molecule has 0 aliphatic rings. The molecule has 0 saturated heterocycles. The molecular weight excluding hydrogens is 356 g/mol. The number of nitrogens with one attached hydrogen (secondary N) is 3. The van der Waals surface area contributed by atoms with E-state index in [1.54, 1.807) is 0 Å². The van der Waals surface area contributed by atoms with Gasteiger partial charge in [0.05, 0.1) is 0 Å². The molecule has 1 aromatic carbocycles. The molecule has 1 heterocycles. The molecule has 0 aliphatic carbocycles. The average Bonchev–Trinajstić information content (AvgIpc) is 2.56. The highest BCUT2D eigenvalue weighted by Gasteiger charge is 2.09. The summed E-state index contributed by atoms with van der Waals surface area (Å²) in [6, 6.07) is 8.01. The molecule has 0 bridgehead atoms. The van der Waals surface area contributed by atoms with Gasteiger partial charge in [-0.05, 0) is 69.1 Å². The van der Waals surface area contributed by atoms with Crippen molar-refractivity contribution >= 4 is 34.9 Å². The number of rotatable bonds is 4. The Labute approximate surface area is 166 Å². The number of anilines is 2. The Balaban J connectivity index is 2.15. The van der Waals surface area contributed by atoms with E-state index in [2.05, 4.69) is 64.7 Å². The van der Waals surface area contributed by atoms with Gasteiger partial charge in [-0.1, -0.05) is 26.0 Å². The van der Waals surface area contributed by atoms with E-state index in [4.69, 9.17) is 12.2 Å². The summed E-state index contributed by atoms with van der Waals surface area (Å²) in [5, 5.41) is 9.98. The number of nitrogens with zero attached hydrogens (tertiary/aromatic N) is 3. The smallest absolute Gasteiger partial charge is 0.229 e. The summed E-state index contributed by atoms with van der Waals surface area (Å²) < 4.78 is 0. The number of thiocarbonyl (C=S) groups is 1. The lowest BCUT2D eigenvalue weighted by Gasteiger charge is -2.16. The van der Waals surface area contributed by atoms with E-state index in [9.17, 15) is 0 Å². The summed E-state index contributed by atoms with van der Waals surface area (Å²) >= 11 is 5.48. The Morgan fingerprint density at radius 2 is 1.74 bits per heavy atom. The molecule has 27 heavy (non-hydrogen) atoms. The molecule has 0 fully saturated rings. The quantitative estimate of drug-likeness (QED) is 0.418. The molecule has 0 spiro atoms. The van der Waals surface area contributed by atoms with E-state index in [1.807, 2.05) is 32.0 Å². The van der Waals surface area contributed by atoms with Crippen LogP contribution in [0.5, 0.6) is 0 Å². The zero-order valence-corrected chi connectivity index (χ0v) is 17.7. The van der Waals surface area contributed by atoms with E-state index < -0.39 is 0 Å². The van der Waals surface area contributed by atoms with Crippen LogP contribution in [0.2, 0.25) is 0 Å². The van der Waals surface area contributed by atoms with Gasteiger partial charge in [0, 0.05) is 23.6 Å². The van der Waals surface area contributed by atoms with Gasteiger partial charge < -0.3 is 10.6 Å². The van der Waals surface area contributed by atoms with Crippen LogP contribution in [-0.2, 0) is 0 Å². The van der Waals surface area contributed by atoms with E-state index in [-0.39, 0.29) is 0 Å². The maximum Gasteiger partial charge on any atom is 0.229 e. The molecule has 2 rings (SSSR count). The van der Waals surface area contributed by atoms with Gasteiger partial charge in [-0.15, -0.1) is 0 Å². The Bertz CT molecular complexity index is 824. The number of hydrogen-bond donors (Lipinski definition) is 3. The molecule has 7 heteroatoms. The summed E-state index contributed by atoms with van der Waals surface area (Å²) in [4.78, 5) is 13.4. The third-order valence-electron chi connectivity index (χ3n) is 3.91. The third kappa shape index (κ3) is 6.60. The molecule has 0 aliphatic heterocycles. The Morgan fingerprint density at radius 1 is 1.07 bits per heavy atom. The lowest BCUT2D eigenvalue weighted by atomic mass is 10.1. The minimum absolute atomic E-state index is 0.421. The second-order valence-electron chi connectivity index (χ2n) is 7.01. The lowest BCUT2D eigenvalue weighted by Crippen LogP contribution is -2.39. The van der Waals surface area contributed by atoms with Gasteiger partial charge in [-0.3, -0.25) is 10.3 Å². The van der Waals surface area contributed by atoms with Crippen molar-refractivity contribution in [2.75, 3.05) is 17.2 Å². The standard InChI is InChI=1S/C20H28N6S/c1-12(2)11-21-18(25-19-22-14(4)10-15(5)23-19)26-20(27)24-17-9-7-8-13(3)16(17)6/h7-10,12H,11H2,1-6H3,(H3,21,22,23,24,25,26,27). The molecule has 1 aromatic heterocycles. The fourth-order valence-electron chi connectivity index (χ4n) is 2.42. The zero-order valence-electron chi connectivity index (χ0n) is 16.8. The van der Waals surface area contributed by atoms with Crippen LogP contribution in [0.1, 0.15) is 36.4 Å². The number of guanidine groups is 1. The van der Waals surface area contributed by atoms with Crippen LogP contribution >= 0.6 is 12.2 Å². The van der Waals surface area contributed by atoms with Crippen molar-refractivity contribution in [1.82, 2.24) is 15.3 Å². The molecule has 0 atom stereocenters. The average molecular weight is 385 g/mol. The van der Waals surface area contributed by atoms with E-state index in [0.717, 1.165) is 22.6 Å².